The lowest BCUT2D eigenvalue weighted by Gasteiger charge is -2.09. The Labute approximate surface area is 99.2 Å². The lowest BCUT2D eigenvalue weighted by Crippen LogP contribution is -2.07. The molecule has 2 rings (SSSR count). The summed E-state index contributed by atoms with van der Waals surface area (Å²) in [5, 5.41) is 0. The van der Waals surface area contributed by atoms with Crippen LogP contribution in [0.1, 0.15) is 29.8 Å². The molecule has 0 spiro atoms. The Bertz CT molecular complexity index is 503. The van der Waals surface area contributed by atoms with E-state index >= 15 is 0 Å². The Balaban J connectivity index is 2.24. The van der Waals surface area contributed by atoms with Crippen molar-refractivity contribution in [3.63, 3.8) is 0 Å². The van der Waals surface area contributed by atoms with Gasteiger partial charge in [0.1, 0.15) is 12.0 Å². The van der Waals surface area contributed by atoms with Crippen molar-refractivity contribution in [2.75, 3.05) is 0 Å². The molecule has 0 aliphatic heterocycles. The molecule has 0 saturated carbocycles. The molecule has 0 aliphatic rings. The number of furan rings is 1. The highest BCUT2D eigenvalue weighted by Gasteiger charge is 2.11. The van der Waals surface area contributed by atoms with Crippen LogP contribution in [-0.4, -0.2) is 16.9 Å². The number of aromatic nitrogens is 1. The number of rotatable bonds is 4. The summed E-state index contributed by atoms with van der Waals surface area (Å²) in [5.41, 5.74) is 0.998. The number of nitrogens with zero attached hydrogens (tertiary/aromatic N) is 1. The van der Waals surface area contributed by atoms with E-state index in [1.165, 1.54) is 18.7 Å². The molecular formula is C13H13NO3. The minimum Gasteiger partial charge on any atom is -0.489 e. The molecule has 2 aromatic rings. The number of carbonyl (C=O) groups is 1. The first-order valence-corrected chi connectivity index (χ1v) is 5.35. The normalized spacial score (nSPS) is 10.5. The molecule has 2 heterocycles. The third-order valence-electron chi connectivity index (χ3n) is 2.13. The van der Waals surface area contributed by atoms with Gasteiger partial charge in [0, 0.05) is 11.8 Å². The Morgan fingerprint density at radius 2 is 2.18 bits per heavy atom. The average Bonchev–Trinajstić information content (AvgIpc) is 2.81. The van der Waals surface area contributed by atoms with Gasteiger partial charge in [-0.05, 0) is 26.0 Å². The SMILES string of the molecule is CC(C)Oc1cncc(C(=O)c2ccoc2)c1. The summed E-state index contributed by atoms with van der Waals surface area (Å²) in [6.07, 6.45) is 6.04. The zero-order valence-corrected chi connectivity index (χ0v) is 9.71. The summed E-state index contributed by atoms with van der Waals surface area (Å²) >= 11 is 0. The van der Waals surface area contributed by atoms with Crippen LogP contribution in [0.2, 0.25) is 0 Å². The van der Waals surface area contributed by atoms with Gasteiger partial charge in [-0.1, -0.05) is 0 Å². The van der Waals surface area contributed by atoms with Gasteiger partial charge in [-0.2, -0.15) is 0 Å². The summed E-state index contributed by atoms with van der Waals surface area (Å²) in [4.78, 5) is 16.0. The third-order valence-corrected chi connectivity index (χ3v) is 2.13. The van der Waals surface area contributed by atoms with Gasteiger partial charge in [0.15, 0.2) is 5.78 Å². The molecule has 0 amide bonds. The van der Waals surface area contributed by atoms with E-state index in [1.54, 1.807) is 18.3 Å². The highest BCUT2D eigenvalue weighted by Crippen LogP contribution is 2.16. The van der Waals surface area contributed by atoms with Crippen LogP contribution in [0.15, 0.2) is 41.5 Å². The minimum absolute atomic E-state index is 0.0519. The molecule has 0 saturated heterocycles. The van der Waals surface area contributed by atoms with Crippen LogP contribution in [0, 0.1) is 0 Å². The van der Waals surface area contributed by atoms with Crippen molar-refractivity contribution in [1.82, 2.24) is 4.98 Å². The predicted molar refractivity (Wildman–Crippen MR) is 62.1 cm³/mol. The van der Waals surface area contributed by atoms with Crippen molar-refractivity contribution in [3.8, 4) is 5.75 Å². The van der Waals surface area contributed by atoms with Crippen LogP contribution in [0.5, 0.6) is 5.75 Å². The van der Waals surface area contributed by atoms with E-state index in [9.17, 15) is 4.79 Å². The molecule has 4 nitrogen and oxygen atoms in total. The maximum atomic E-state index is 12.0. The molecule has 0 unspecified atom stereocenters. The van der Waals surface area contributed by atoms with Crippen molar-refractivity contribution in [1.29, 1.82) is 0 Å². The molecule has 0 bridgehead atoms. The van der Waals surface area contributed by atoms with Gasteiger partial charge < -0.3 is 9.15 Å². The van der Waals surface area contributed by atoms with Crippen LogP contribution < -0.4 is 4.74 Å². The van der Waals surface area contributed by atoms with E-state index in [1.807, 2.05) is 13.8 Å². The van der Waals surface area contributed by atoms with Gasteiger partial charge in [0.25, 0.3) is 0 Å². The molecule has 17 heavy (non-hydrogen) atoms. The maximum absolute atomic E-state index is 12.0. The Hall–Kier alpha value is -2.10. The van der Waals surface area contributed by atoms with Gasteiger partial charge in [0.2, 0.25) is 0 Å². The van der Waals surface area contributed by atoms with Crippen LogP contribution in [-0.2, 0) is 0 Å². The fourth-order valence-electron chi connectivity index (χ4n) is 1.44. The Morgan fingerprint density at radius 1 is 1.35 bits per heavy atom. The molecule has 0 aromatic carbocycles. The molecule has 2 aromatic heterocycles. The van der Waals surface area contributed by atoms with Gasteiger partial charge in [-0.25, -0.2) is 0 Å². The van der Waals surface area contributed by atoms with Crippen molar-refractivity contribution >= 4 is 5.78 Å². The Morgan fingerprint density at radius 3 is 2.82 bits per heavy atom. The van der Waals surface area contributed by atoms with Gasteiger partial charge in [-0.15, -0.1) is 0 Å². The first kappa shape index (κ1) is 11.4. The fourth-order valence-corrected chi connectivity index (χ4v) is 1.44. The van der Waals surface area contributed by atoms with Gasteiger partial charge in [-0.3, -0.25) is 9.78 Å². The van der Waals surface area contributed by atoms with Crippen molar-refractivity contribution in [3.05, 3.63) is 48.2 Å². The highest BCUT2D eigenvalue weighted by molar-refractivity contribution is 6.08. The second-order valence-corrected chi connectivity index (χ2v) is 3.92. The molecule has 0 N–H and O–H groups in total. The lowest BCUT2D eigenvalue weighted by molar-refractivity contribution is 0.103. The molecular weight excluding hydrogens is 218 g/mol. The number of hydrogen-bond acceptors (Lipinski definition) is 4. The van der Waals surface area contributed by atoms with E-state index < -0.39 is 0 Å². The molecule has 4 heteroatoms. The number of pyridine rings is 1. The van der Waals surface area contributed by atoms with Gasteiger partial charge >= 0.3 is 0 Å². The molecule has 0 fully saturated rings. The molecule has 0 aliphatic carbocycles. The lowest BCUT2D eigenvalue weighted by atomic mass is 10.1. The third kappa shape index (κ3) is 2.72. The van der Waals surface area contributed by atoms with Crippen molar-refractivity contribution in [2.45, 2.75) is 20.0 Å². The van der Waals surface area contributed by atoms with Gasteiger partial charge in [0.05, 0.1) is 24.1 Å². The second-order valence-electron chi connectivity index (χ2n) is 3.92. The zero-order chi connectivity index (χ0) is 12.3. The van der Waals surface area contributed by atoms with E-state index in [4.69, 9.17) is 9.15 Å². The van der Waals surface area contributed by atoms with Crippen molar-refractivity contribution < 1.29 is 13.9 Å². The summed E-state index contributed by atoms with van der Waals surface area (Å²) in [5.74, 6) is 0.467. The quantitative estimate of drug-likeness (QED) is 0.759. The first-order valence-electron chi connectivity index (χ1n) is 5.35. The predicted octanol–water partition coefficient (Wildman–Crippen LogP) is 2.69. The summed E-state index contributed by atoms with van der Waals surface area (Å²) in [6, 6.07) is 3.31. The van der Waals surface area contributed by atoms with E-state index in [-0.39, 0.29) is 11.9 Å². The number of carbonyl (C=O) groups excluding carboxylic acids is 1. The topological polar surface area (TPSA) is 52.3 Å². The van der Waals surface area contributed by atoms with E-state index in [0.717, 1.165) is 0 Å². The van der Waals surface area contributed by atoms with Crippen LogP contribution in [0.4, 0.5) is 0 Å². The highest BCUT2D eigenvalue weighted by atomic mass is 16.5. The summed E-state index contributed by atoms with van der Waals surface area (Å²) in [6.45, 7) is 3.84. The smallest absolute Gasteiger partial charge is 0.197 e. The minimum atomic E-state index is -0.125. The number of ketones is 1. The number of hydrogen-bond donors (Lipinski definition) is 0. The molecule has 0 radical (unpaired) electrons. The molecule has 88 valence electrons. The van der Waals surface area contributed by atoms with E-state index in [0.29, 0.717) is 16.9 Å². The number of ether oxygens (including phenoxy) is 1. The average molecular weight is 231 g/mol. The monoisotopic (exact) mass is 231 g/mol. The second kappa shape index (κ2) is 4.82. The van der Waals surface area contributed by atoms with Crippen LogP contribution in [0.3, 0.4) is 0 Å². The van der Waals surface area contributed by atoms with E-state index in [2.05, 4.69) is 4.98 Å². The largest absolute Gasteiger partial charge is 0.489 e. The Kier molecular flexibility index (Phi) is 3.23. The summed E-state index contributed by atoms with van der Waals surface area (Å²) in [7, 11) is 0. The van der Waals surface area contributed by atoms with Crippen LogP contribution in [0.25, 0.3) is 0 Å². The maximum Gasteiger partial charge on any atom is 0.197 e. The fraction of sp³-hybridized carbons (Fsp3) is 0.231. The standard InChI is InChI=1S/C13H13NO3/c1-9(2)17-12-5-11(6-14-7-12)13(15)10-3-4-16-8-10/h3-9H,1-2H3. The first-order chi connectivity index (χ1) is 8.16. The van der Waals surface area contributed by atoms with Crippen molar-refractivity contribution in [2.24, 2.45) is 0 Å². The van der Waals surface area contributed by atoms with Crippen LogP contribution >= 0.6 is 0 Å². The summed E-state index contributed by atoms with van der Waals surface area (Å²) < 4.78 is 10.4. The zero-order valence-electron chi connectivity index (χ0n) is 9.71. The molecule has 0 atom stereocenters.